The summed E-state index contributed by atoms with van der Waals surface area (Å²) in [6, 6.07) is 1.79. The molecule has 0 aliphatic rings. The molecular weight excluding hydrogens is 243 g/mol. The molecule has 0 N–H and O–H groups in total. The van der Waals surface area contributed by atoms with Crippen LogP contribution in [-0.4, -0.2) is 3.79 Å². The van der Waals surface area contributed by atoms with Crippen molar-refractivity contribution in [3.05, 3.63) is 30.2 Å². The van der Waals surface area contributed by atoms with Gasteiger partial charge < -0.3 is 4.42 Å². The Hall–Kier alpha value is -0.580. The first-order valence-electron chi connectivity index (χ1n) is 2.69. The number of furan rings is 1. The van der Waals surface area contributed by atoms with E-state index in [-0.39, 0.29) is 3.79 Å². The number of allylic oxidation sites excluding steroid dienone is 1. The summed E-state index contributed by atoms with van der Waals surface area (Å²) in [5.41, 5.74) is 0.907. The Morgan fingerprint density at radius 2 is 2.50 bits per heavy atom. The van der Waals surface area contributed by atoms with Crippen LogP contribution in [0.1, 0.15) is 5.56 Å². The fraction of sp³-hybridized carbons (Fsp3) is 0. The van der Waals surface area contributed by atoms with E-state index < -0.39 is 0 Å². The highest BCUT2D eigenvalue weighted by Gasteiger charge is 1.87. The number of carbonyl (C=O) groups excluding carboxylic acids is 1. The predicted molar refractivity (Wildman–Crippen MR) is 46.8 cm³/mol. The van der Waals surface area contributed by atoms with Crippen LogP contribution in [-0.2, 0) is 4.79 Å². The molecule has 2 nitrogen and oxygen atoms in total. The van der Waals surface area contributed by atoms with Gasteiger partial charge in [0.15, 0.2) is 0 Å². The molecule has 0 amide bonds. The van der Waals surface area contributed by atoms with Crippen LogP contribution < -0.4 is 0 Å². The van der Waals surface area contributed by atoms with Gasteiger partial charge in [-0.15, -0.1) is 0 Å². The standard InChI is InChI=1S/C7H5IO2/c8-7(9)2-1-6-3-4-10-5-6/h1-5H/b2-1+. The second kappa shape index (κ2) is 3.55. The van der Waals surface area contributed by atoms with Crippen LogP contribution in [0.15, 0.2) is 29.1 Å². The molecule has 1 aromatic heterocycles. The molecule has 1 aromatic rings. The Morgan fingerprint density at radius 1 is 1.70 bits per heavy atom. The van der Waals surface area contributed by atoms with Gasteiger partial charge in [0, 0.05) is 28.2 Å². The monoisotopic (exact) mass is 248 g/mol. The summed E-state index contributed by atoms with van der Waals surface area (Å²) < 4.78 is 4.79. The SMILES string of the molecule is O=C(I)/C=C/c1ccoc1. The van der Waals surface area contributed by atoms with Gasteiger partial charge in [-0.3, -0.25) is 4.79 Å². The van der Waals surface area contributed by atoms with Gasteiger partial charge in [0.1, 0.15) is 0 Å². The van der Waals surface area contributed by atoms with Gasteiger partial charge in [-0.05, 0) is 18.2 Å². The number of halogens is 1. The lowest BCUT2D eigenvalue weighted by Crippen LogP contribution is -1.71. The van der Waals surface area contributed by atoms with Crippen molar-refractivity contribution in [1.29, 1.82) is 0 Å². The van der Waals surface area contributed by atoms with Crippen molar-refractivity contribution < 1.29 is 9.21 Å². The molecular formula is C7H5IO2. The second-order valence-corrected chi connectivity index (χ2v) is 2.76. The Bertz CT molecular complexity index is 236. The molecule has 0 bridgehead atoms. The Labute approximate surface area is 72.1 Å². The van der Waals surface area contributed by atoms with Crippen LogP contribution in [0.4, 0.5) is 0 Å². The van der Waals surface area contributed by atoms with Crippen LogP contribution in [0.3, 0.4) is 0 Å². The fourth-order valence-electron chi connectivity index (χ4n) is 0.532. The zero-order valence-electron chi connectivity index (χ0n) is 5.08. The van der Waals surface area contributed by atoms with E-state index in [2.05, 4.69) is 0 Å². The van der Waals surface area contributed by atoms with Crippen LogP contribution in [0.5, 0.6) is 0 Å². The molecule has 0 fully saturated rings. The lowest BCUT2D eigenvalue weighted by atomic mass is 10.3. The Balaban J connectivity index is 2.64. The van der Waals surface area contributed by atoms with Gasteiger partial charge in [-0.1, -0.05) is 0 Å². The topological polar surface area (TPSA) is 30.2 Å². The minimum absolute atomic E-state index is 0.0128. The molecule has 0 aliphatic heterocycles. The largest absolute Gasteiger partial charge is 0.472 e. The molecule has 0 atom stereocenters. The van der Waals surface area contributed by atoms with Crippen LogP contribution >= 0.6 is 22.6 Å². The van der Waals surface area contributed by atoms with Crippen molar-refractivity contribution in [3.8, 4) is 0 Å². The molecule has 0 radical (unpaired) electrons. The first-order chi connectivity index (χ1) is 4.79. The molecule has 0 aliphatic carbocycles. The van der Waals surface area contributed by atoms with Crippen molar-refractivity contribution in [2.24, 2.45) is 0 Å². The molecule has 1 heterocycles. The normalized spacial score (nSPS) is 10.5. The zero-order valence-corrected chi connectivity index (χ0v) is 7.24. The quantitative estimate of drug-likeness (QED) is 0.456. The van der Waals surface area contributed by atoms with E-state index in [1.54, 1.807) is 47.3 Å². The van der Waals surface area contributed by atoms with Gasteiger partial charge in [0.25, 0.3) is 0 Å². The molecule has 0 unspecified atom stereocenters. The lowest BCUT2D eigenvalue weighted by molar-refractivity contribution is -0.105. The van der Waals surface area contributed by atoms with Gasteiger partial charge in [-0.25, -0.2) is 0 Å². The minimum atomic E-state index is 0.0128. The van der Waals surface area contributed by atoms with Crippen molar-refractivity contribution in [2.75, 3.05) is 0 Å². The van der Waals surface area contributed by atoms with E-state index in [0.29, 0.717) is 0 Å². The highest BCUT2D eigenvalue weighted by Crippen LogP contribution is 2.02. The summed E-state index contributed by atoms with van der Waals surface area (Å²) in [6.45, 7) is 0. The maximum Gasteiger partial charge on any atom is 0.215 e. The first kappa shape index (κ1) is 7.53. The zero-order chi connectivity index (χ0) is 7.40. The van der Waals surface area contributed by atoms with E-state index in [1.807, 2.05) is 0 Å². The Morgan fingerprint density at radius 3 is 3.00 bits per heavy atom. The molecule has 0 saturated carbocycles. The maximum absolute atomic E-state index is 10.4. The van der Waals surface area contributed by atoms with Gasteiger partial charge >= 0.3 is 0 Å². The number of hydrogen-bond acceptors (Lipinski definition) is 2. The maximum atomic E-state index is 10.4. The van der Waals surface area contributed by atoms with E-state index in [1.165, 1.54) is 6.08 Å². The van der Waals surface area contributed by atoms with Crippen molar-refractivity contribution in [2.45, 2.75) is 0 Å². The van der Waals surface area contributed by atoms with E-state index in [9.17, 15) is 4.79 Å². The smallest absolute Gasteiger partial charge is 0.215 e. The van der Waals surface area contributed by atoms with Crippen LogP contribution in [0.25, 0.3) is 6.08 Å². The van der Waals surface area contributed by atoms with Crippen LogP contribution in [0.2, 0.25) is 0 Å². The van der Waals surface area contributed by atoms with Crippen molar-refractivity contribution >= 4 is 32.5 Å². The third kappa shape index (κ3) is 2.34. The summed E-state index contributed by atoms with van der Waals surface area (Å²) in [5, 5.41) is 0. The summed E-state index contributed by atoms with van der Waals surface area (Å²) in [7, 11) is 0. The molecule has 0 aromatic carbocycles. The third-order valence-corrected chi connectivity index (χ3v) is 1.31. The van der Waals surface area contributed by atoms with E-state index in [0.717, 1.165) is 5.56 Å². The lowest BCUT2D eigenvalue weighted by Gasteiger charge is -1.76. The summed E-state index contributed by atoms with van der Waals surface area (Å²) in [5.74, 6) is 0. The van der Waals surface area contributed by atoms with Gasteiger partial charge in [0.2, 0.25) is 3.79 Å². The van der Waals surface area contributed by atoms with Gasteiger partial charge in [-0.2, -0.15) is 0 Å². The Kier molecular flexibility index (Phi) is 2.68. The molecule has 52 valence electrons. The first-order valence-corrected chi connectivity index (χ1v) is 3.76. The van der Waals surface area contributed by atoms with E-state index >= 15 is 0 Å². The second-order valence-electron chi connectivity index (χ2n) is 1.69. The summed E-state index contributed by atoms with van der Waals surface area (Å²) >= 11 is 1.71. The molecule has 3 heteroatoms. The molecule has 10 heavy (non-hydrogen) atoms. The molecule has 1 rings (SSSR count). The number of rotatable bonds is 2. The average molecular weight is 248 g/mol. The highest BCUT2D eigenvalue weighted by atomic mass is 127. The third-order valence-electron chi connectivity index (χ3n) is 0.950. The fourth-order valence-corrected chi connectivity index (χ4v) is 0.711. The van der Waals surface area contributed by atoms with Crippen molar-refractivity contribution in [1.82, 2.24) is 0 Å². The highest BCUT2D eigenvalue weighted by molar-refractivity contribution is 14.1. The van der Waals surface area contributed by atoms with Crippen LogP contribution in [0, 0.1) is 0 Å². The molecule has 0 spiro atoms. The van der Waals surface area contributed by atoms with Crippen molar-refractivity contribution in [3.63, 3.8) is 0 Å². The molecule has 0 saturated heterocycles. The van der Waals surface area contributed by atoms with Gasteiger partial charge in [0.05, 0.1) is 12.5 Å². The number of hydrogen-bond donors (Lipinski definition) is 0. The minimum Gasteiger partial charge on any atom is -0.472 e. The van der Waals surface area contributed by atoms with E-state index in [4.69, 9.17) is 4.42 Å². The predicted octanol–water partition coefficient (Wildman–Crippen LogP) is 2.25. The number of carbonyl (C=O) groups is 1. The summed E-state index contributed by atoms with van der Waals surface area (Å²) in [4.78, 5) is 10.4. The summed E-state index contributed by atoms with van der Waals surface area (Å²) in [6.07, 6.45) is 6.34. The average Bonchev–Trinajstić information content (AvgIpc) is 2.34.